The van der Waals surface area contributed by atoms with Crippen molar-refractivity contribution in [2.75, 3.05) is 12.3 Å². The lowest BCUT2D eigenvalue weighted by molar-refractivity contribution is -0.130. The van der Waals surface area contributed by atoms with Crippen molar-refractivity contribution >= 4 is 40.9 Å². The van der Waals surface area contributed by atoms with Crippen LogP contribution in [-0.4, -0.2) is 84.2 Å². The minimum Gasteiger partial charge on any atom is -0.312 e. The highest BCUT2D eigenvalue weighted by Gasteiger charge is 2.44. The predicted octanol–water partition coefficient (Wildman–Crippen LogP) is 12.5. The first kappa shape index (κ1) is 62.8. The third-order valence-corrected chi connectivity index (χ3v) is 11.2. The van der Waals surface area contributed by atoms with E-state index in [1.54, 1.807) is 0 Å². The van der Waals surface area contributed by atoms with Crippen molar-refractivity contribution in [3.63, 3.8) is 0 Å². The van der Waals surface area contributed by atoms with Crippen LogP contribution in [0.4, 0.5) is 0 Å². The normalized spacial score (nSPS) is 15.6. The van der Waals surface area contributed by atoms with Crippen molar-refractivity contribution in [1.82, 2.24) is 21.3 Å². The summed E-state index contributed by atoms with van der Waals surface area (Å²) in [7, 11) is 0. The average molecular weight is 874 g/mol. The molecule has 0 spiro atoms. The van der Waals surface area contributed by atoms with Crippen LogP contribution in [0.5, 0.6) is 0 Å². The number of unbranched alkanes of at least 4 members (excludes halogenated alkanes) is 1. The van der Waals surface area contributed by atoms with E-state index in [9.17, 15) is 14.4 Å². The molecule has 0 saturated carbocycles. The summed E-state index contributed by atoms with van der Waals surface area (Å²) in [5.74, 6) is 1.74. The van der Waals surface area contributed by atoms with Gasteiger partial charge in [-0.2, -0.15) is 11.8 Å². The van der Waals surface area contributed by atoms with Crippen molar-refractivity contribution in [3.8, 4) is 0 Å². The van der Waals surface area contributed by atoms with Gasteiger partial charge in [0.05, 0.1) is 18.1 Å². The Labute approximate surface area is 378 Å². The van der Waals surface area contributed by atoms with Crippen LogP contribution in [0, 0.1) is 16.2 Å². The molecule has 0 fully saturated rings. The Morgan fingerprint density at radius 3 is 1.08 bits per heavy atom. The first-order valence-electron chi connectivity index (χ1n) is 22.5. The van der Waals surface area contributed by atoms with Gasteiger partial charge in [0.25, 0.3) is 0 Å². The lowest BCUT2D eigenvalue weighted by Crippen LogP contribution is -2.59. The van der Waals surface area contributed by atoms with Crippen molar-refractivity contribution in [3.05, 3.63) is 0 Å². The molecule has 7 nitrogen and oxygen atoms in total. The highest BCUT2D eigenvalue weighted by Crippen LogP contribution is 2.41. The van der Waals surface area contributed by atoms with Gasteiger partial charge in [0.1, 0.15) is 0 Å². The number of carbonyl (C=O) groups is 3. The molecule has 0 aromatic carbocycles. The third-order valence-electron chi connectivity index (χ3n) is 8.43. The Hall–Kier alpha value is -0.450. The molecule has 0 aromatic heterocycles. The monoisotopic (exact) mass is 873 g/mol. The second-order valence-electron chi connectivity index (χ2n) is 26.5. The molecule has 4 N–H and O–H groups in total. The van der Waals surface area contributed by atoms with Gasteiger partial charge in [-0.3, -0.25) is 14.4 Å². The fraction of sp³-hybridized carbons (Fsp3) is 0.940. The average Bonchev–Trinajstić information content (AvgIpc) is 2.91. The molecule has 9 heteroatoms. The van der Waals surface area contributed by atoms with Crippen molar-refractivity contribution < 1.29 is 14.4 Å². The minimum atomic E-state index is -0.335. The summed E-state index contributed by atoms with van der Waals surface area (Å²) in [6.07, 6.45) is 3.09. The summed E-state index contributed by atoms with van der Waals surface area (Å²) in [6, 6.07) is -0.277. The van der Waals surface area contributed by atoms with Crippen LogP contribution in [0.2, 0.25) is 0 Å². The maximum Gasteiger partial charge on any atom is 0.156 e. The molecule has 3 atom stereocenters. The number of Topliss-reactive ketones (excluding diaryl/α,β-unsaturated/α-hetero) is 3. The van der Waals surface area contributed by atoms with E-state index in [-0.39, 0.29) is 76.6 Å². The van der Waals surface area contributed by atoms with Crippen molar-refractivity contribution in [1.29, 1.82) is 0 Å². The molecule has 59 heavy (non-hydrogen) atoms. The molecule has 0 amide bonds. The summed E-state index contributed by atoms with van der Waals surface area (Å²) in [6.45, 7) is 62.1. The lowest BCUT2D eigenvalue weighted by atomic mass is 9.81. The first-order chi connectivity index (χ1) is 25.4. The minimum absolute atomic E-state index is 0.0325. The quantitative estimate of drug-likeness (QED) is 0.120. The SMILES string of the molecule is CC(C)(C)NC(C(=O)C(C)(C)C)C(C)(C)SC(C)(C)C.CC(C)(C)NC(CSC(C)(C)C)C(=O)C(C)(C)C.CC(C)(C)NCCCCC(NC(C)(C)C)C(=O)C(C)(C)C. The lowest BCUT2D eigenvalue weighted by Gasteiger charge is -2.43. The van der Waals surface area contributed by atoms with E-state index in [1.807, 2.05) is 85.8 Å². The number of hydrogen-bond donors (Lipinski definition) is 4. The van der Waals surface area contributed by atoms with E-state index < -0.39 is 0 Å². The molecule has 0 heterocycles. The van der Waals surface area contributed by atoms with Gasteiger partial charge in [-0.05, 0) is 116 Å². The van der Waals surface area contributed by atoms with E-state index in [4.69, 9.17) is 0 Å². The largest absolute Gasteiger partial charge is 0.312 e. The van der Waals surface area contributed by atoms with E-state index in [0.717, 1.165) is 31.6 Å². The molecule has 0 aliphatic carbocycles. The predicted molar refractivity (Wildman–Crippen MR) is 269 cm³/mol. The number of ketones is 3. The standard InChI is InChI=1S/C18H38N2O.C17H35NOS.C15H31NOS/c1-16(2,3)15(21)14(20-18(7,8)9)12-10-11-13-19-17(4,5)6;1-14(2,3)13(19)12(18-15(4,5)6)17(10,11)20-16(7,8)9;1-13(2,3)12(17)11(16-14(4,5)6)10-18-15(7,8)9/h14,19-20H,10-13H2,1-9H3;12,18H,1-11H3;11,16H,10H2,1-9H3. The molecule has 3 unspecified atom stereocenters. The molecule has 0 bridgehead atoms. The number of hydrogen-bond acceptors (Lipinski definition) is 9. The van der Waals surface area contributed by atoms with Crippen LogP contribution < -0.4 is 21.3 Å². The van der Waals surface area contributed by atoms with Gasteiger partial charge in [-0.1, -0.05) is 110 Å². The second kappa shape index (κ2) is 23.5. The van der Waals surface area contributed by atoms with Gasteiger partial charge in [0.15, 0.2) is 17.3 Å². The van der Waals surface area contributed by atoms with E-state index in [2.05, 4.69) is 160 Å². The van der Waals surface area contributed by atoms with Crippen LogP contribution in [0.15, 0.2) is 0 Å². The van der Waals surface area contributed by atoms with Crippen LogP contribution in [0.25, 0.3) is 0 Å². The Balaban J connectivity index is -0.000000800. The Bertz CT molecular complexity index is 1250. The summed E-state index contributed by atoms with van der Waals surface area (Å²) < 4.78 is 0.158. The molecular weight excluding hydrogens is 769 g/mol. The van der Waals surface area contributed by atoms with Crippen molar-refractivity contribution in [2.45, 2.75) is 275 Å². The number of thioether (sulfide) groups is 2. The number of rotatable bonds is 15. The van der Waals surface area contributed by atoms with E-state index >= 15 is 0 Å². The highest BCUT2D eigenvalue weighted by molar-refractivity contribution is 8.02. The smallest absolute Gasteiger partial charge is 0.156 e. The van der Waals surface area contributed by atoms with Crippen molar-refractivity contribution in [2.24, 2.45) is 16.2 Å². The molecule has 354 valence electrons. The van der Waals surface area contributed by atoms with Gasteiger partial charge in [-0.15, -0.1) is 11.8 Å². The maximum absolute atomic E-state index is 12.9. The molecule has 0 radical (unpaired) electrons. The van der Waals surface area contributed by atoms with Crippen LogP contribution in [-0.2, 0) is 14.4 Å². The van der Waals surface area contributed by atoms with E-state index in [1.165, 1.54) is 0 Å². The van der Waals surface area contributed by atoms with Gasteiger partial charge in [0, 0.05) is 58.4 Å². The van der Waals surface area contributed by atoms with Gasteiger partial charge < -0.3 is 21.3 Å². The fourth-order valence-corrected chi connectivity index (χ4v) is 8.85. The molecule has 0 saturated heterocycles. The zero-order valence-corrected chi connectivity index (χ0v) is 46.4. The highest BCUT2D eigenvalue weighted by atomic mass is 32.2. The van der Waals surface area contributed by atoms with Gasteiger partial charge in [-0.25, -0.2) is 0 Å². The first-order valence-corrected chi connectivity index (χ1v) is 24.3. The molecule has 0 aromatic rings. The Morgan fingerprint density at radius 1 is 0.424 bits per heavy atom. The maximum atomic E-state index is 12.9. The molecule has 0 rings (SSSR count). The molecular formula is C50H104N4O3S2. The zero-order chi connectivity index (χ0) is 48.2. The zero-order valence-electron chi connectivity index (χ0n) is 44.8. The second-order valence-corrected chi connectivity index (χ2v) is 30.8. The topological polar surface area (TPSA) is 99.3 Å². The summed E-state index contributed by atoms with van der Waals surface area (Å²) in [5, 5.41) is 14.0. The summed E-state index contributed by atoms with van der Waals surface area (Å²) in [4.78, 5) is 38.0. The Kier molecular flexibility index (Phi) is 25.0. The Morgan fingerprint density at radius 2 is 0.780 bits per heavy atom. The van der Waals surface area contributed by atoms with Crippen LogP contribution in [0.1, 0.15) is 220 Å². The van der Waals surface area contributed by atoms with Gasteiger partial charge in [0.2, 0.25) is 0 Å². The van der Waals surface area contributed by atoms with E-state index in [0.29, 0.717) is 11.6 Å². The summed E-state index contributed by atoms with van der Waals surface area (Å²) >= 11 is 3.71. The van der Waals surface area contributed by atoms with Crippen LogP contribution >= 0.6 is 23.5 Å². The van der Waals surface area contributed by atoms with Crippen LogP contribution in [0.3, 0.4) is 0 Å². The van der Waals surface area contributed by atoms with Gasteiger partial charge >= 0.3 is 0 Å². The third kappa shape index (κ3) is 34.7. The molecule has 0 aliphatic heterocycles. The molecule has 0 aliphatic rings. The number of carbonyl (C=O) groups excluding carboxylic acids is 3. The summed E-state index contributed by atoms with van der Waals surface area (Å²) in [5.41, 5.74) is -0.891. The fourth-order valence-electron chi connectivity index (χ4n) is 6.08. The number of nitrogens with one attached hydrogen (secondary N) is 4.